The molecular formula is C14H16ClF3N2O4. The van der Waals surface area contributed by atoms with Gasteiger partial charge in [0.25, 0.3) is 0 Å². The second-order valence-corrected chi connectivity index (χ2v) is 4.85. The molecule has 0 spiro atoms. The molecule has 0 aromatic heterocycles. The smallest absolute Gasteiger partial charge is 0.448 e. The molecule has 0 fully saturated rings. The van der Waals surface area contributed by atoms with E-state index in [1.807, 2.05) is 0 Å². The van der Waals surface area contributed by atoms with Gasteiger partial charge in [-0.2, -0.15) is 13.2 Å². The van der Waals surface area contributed by atoms with Gasteiger partial charge in [0, 0.05) is 17.3 Å². The highest BCUT2D eigenvalue weighted by Crippen LogP contribution is 2.33. The minimum atomic E-state index is -5.23. The molecule has 1 rings (SSSR count). The number of hydrogen-bond acceptors (Lipinski definition) is 4. The summed E-state index contributed by atoms with van der Waals surface area (Å²) in [6, 6.07) is 4.32. The molecule has 0 aliphatic heterocycles. The molecule has 0 bridgehead atoms. The third kappa shape index (κ3) is 4.75. The number of nitrogens with one attached hydrogen (secondary N) is 2. The van der Waals surface area contributed by atoms with E-state index in [0.717, 1.165) is 0 Å². The van der Waals surface area contributed by atoms with Gasteiger partial charge in [-0.1, -0.05) is 11.6 Å². The van der Waals surface area contributed by atoms with Gasteiger partial charge in [0.1, 0.15) is 0 Å². The Morgan fingerprint density at radius 3 is 2.17 bits per heavy atom. The van der Waals surface area contributed by atoms with Crippen LogP contribution in [-0.4, -0.2) is 37.1 Å². The Kier molecular flexibility index (Phi) is 6.85. The predicted octanol–water partition coefficient (Wildman–Crippen LogP) is 3.32. The number of urea groups is 1. The molecule has 0 heterocycles. The number of carbonyl (C=O) groups excluding carboxylic acids is 2. The van der Waals surface area contributed by atoms with Crippen LogP contribution in [0, 0.1) is 0 Å². The average molecular weight is 369 g/mol. The van der Waals surface area contributed by atoms with Crippen LogP contribution in [0.15, 0.2) is 24.3 Å². The van der Waals surface area contributed by atoms with Gasteiger partial charge in [0.05, 0.1) is 6.61 Å². The van der Waals surface area contributed by atoms with Crippen molar-refractivity contribution < 1.29 is 32.2 Å². The van der Waals surface area contributed by atoms with Crippen LogP contribution in [0.2, 0.25) is 5.02 Å². The molecule has 6 nitrogen and oxygen atoms in total. The number of esters is 1. The zero-order valence-electron chi connectivity index (χ0n) is 12.9. The molecular weight excluding hydrogens is 353 g/mol. The standard InChI is InChI=1S/C14H16ClF3N2O4/c1-3-23-11(21)13(24-4-2,14(16,17)18)20-12(22)19-10-7-5-9(15)6-8-10/h5-8H,3-4H2,1-2H3,(H2,19,20,22)/t13-/m1/s1. The molecule has 0 unspecified atom stereocenters. The van der Waals surface area contributed by atoms with Crippen molar-refractivity contribution in [3.05, 3.63) is 29.3 Å². The number of amides is 2. The summed E-state index contributed by atoms with van der Waals surface area (Å²) in [5.41, 5.74) is -3.43. The van der Waals surface area contributed by atoms with Crippen molar-refractivity contribution in [2.75, 3.05) is 18.5 Å². The van der Waals surface area contributed by atoms with E-state index in [1.54, 1.807) is 0 Å². The Balaban J connectivity index is 3.04. The summed E-state index contributed by atoms with van der Waals surface area (Å²) < 4.78 is 49.2. The lowest BCUT2D eigenvalue weighted by atomic mass is 10.2. The van der Waals surface area contributed by atoms with Gasteiger partial charge in [-0.15, -0.1) is 0 Å². The third-order valence-electron chi connectivity index (χ3n) is 2.71. The first-order valence-electron chi connectivity index (χ1n) is 6.89. The van der Waals surface area contributed by atoms with Gasteiger partial charge >= 0.3 is 23.9 Å². The fraction of sp³-hybridized carbons (Fsp3) is 0.429. The second kappa shape index (κ2) is 8.20. The fourth-order valence-electron chi connectivity index (χ4n) is 1.72. The number of halogens is 4. The van der Waals surface area contributed by atoms with E-state index in [4.69, 9.17) is 11.6 Å². The lowest BCUT2D eigenvalue weighted by Gasteiger charge is -2.33. The lowest BCUT2D eigenvalue weighted by molar-refractivity contribution is -0.282. The Hall–Kier alpha value is -2.00. The molecule has 2 amide bonds. The van der Waals surface area contributed by atoms with Crippen molar-refractivity contribution in [2.45, 2.75) is 25.7 Å². The van der Waals surface area contributed by atoms with Crippen molar-refractivity contribution in [2.24, 2.45) is 0 Å². The van der Waals surface area contributed by atoms with Crippen LogP contribution in [0.4, 0.5) is 23.7 Å². The monoisotopic (exact) mass is 368 g/mol. The van der Waals surface area contributed by atoms with E-state index in [1.165, 1.54) is 43.4 Å². The lowest BCUT2D eigenvalue weighted by Crippen LogP contribution is -2.67. The average Bonchev–Trinajstić information content (AvgIpc) is 2.48. The number of hydrogen-bond donors (Lipinski definition) is 2. The van der Waals surface area contributed by atoms with Gasteiger partial charge in [-0.3, -0.25) is 5.32 Å². The molecule has 0 saturated carbocycles. The largest absolute Gasteiger partial charge is 0.462 e. The molecule has 0 saturated heterocycles. The topological polar surface area (TPSA) is 76.7 Å². The highest BCUT2D eigenvalue weighted by Gasteiger charge is 2.64. The van der Waals surface area contributed by atoms with Gasteiger partial charge < -0.3 is 14.8 Å². The van der Waals surface area contributed by atoms with E-state index in [0.29, 0.717) is 5.02 Å². The SMILES string of the molecule is CCOC(=O)[C@@](NC(=O)Nc1ccc(Cl)cc1)(OCC)C(F)(F)F. The summed E-state index contributed by atoms with van der Waals surface area (Å²) in [4.78, 5) is 23.7. The van der Waals surface area contributed by atoms with Crippen molar-refractivity contribution in [3.8, 4) is 0 Å². The van der Waals surface area contributed by atoms with Crippen molar-refractivity contribution in [1.29, 1.82) is 0 Å². The molecule has 10 heteroatoms. The molecule has 134 valence electrons. The van der Waals surface area contributed by atoms with Gasteiger partial charge in [-0.25, -0.2) is 9.59 Å². The van der Waals surface area contributed by atoms with Gasteiger partial charge in [0.2, 0.25) is 0 Å². The molecule has 0 aliphatic carbocycles. The van der Waals surface area contributed by atoms with Crippen molar-refractivity contribution >= 4 is 29.3 Å². The molecule has 1 atom stereocenters. The Morgan fingerprint density at radius 1 is 1.12 bits per heavy atom. The zero-order chi connectivity index (χ0) is 18.4. The first-order valence-corrected chi connectivity index (χ1v) is 7.26. The normalized spacial score (nSPS) is 13.8. The molecule has 0 aliphatic rings. The number of rotatable bonds is 6. The van der Waals surface area contributed by atoms with Crippen LogP contribution in [0.25, 0.3) is 0 Å². The summed E-state index contributed by atoms with van der Waals surface area (Å²) in [6.45, 7) is 1.78. The van der Waals surface area contributed by atoms with Crippen molar-refractivity contribution in [3.63, 3.8) is 0 Å². The quantitative estimate of drug-likeness (QED) is 0.596. The summed E-state index contributed by atoms with van der Waals surface area (Å²) in [7, 11) is 0. The summed E-state index contributed by atoms with van der Waals surface area (Å²) in [6.07, 6.45) is -5.23. The summed E-state index contributed by atoms with van der Waals surface area (Å²) >= 11 is 5.67. The first kappa shape index (κ1) is 20.0. The van der Waals surface area contributed by atoms with Gasteiger partial charge in [-0.05, 0) is 38.1 Å². The van der Waals surface area contributed by atoms with E-state index in [-0.39, 0.29) is 12.3 Å². The Morgan fingerprint density at radius 2 is 1.71 bits per heavy atom. The highest BCUT2D eigenvalue weighted by atomic mass is 35.5. The van der Waals surface area contributed by atoms with E-state index < -0.39 is 30.5 Å². The second-order valence-electron chi connectivity index (χ2n) is 4.42. The predicted molar refractivity (Wildman–Crippen MR) is 80.7 cm³/mol. The fourth-order valence-corrected chi connectivity index (χ4v) is 1.85. The minimum Gasteiger partial charge on any atom is -0.462 e. The van der Waals surface area contributed by atoms with Crippen LogP contribution in [0.5, 0.6) is 0 Å². The first-order chi connectivity index (χ1) is 11.2. The number of anilines is 1. The molecule has 2 N–H and O–H groups in total. The Bertz CT molecular complexity index is 580. The summed E-state index contributed by atoms with van der Waals surface area (Å²) in [5, 5.41) is 4.05. The van der Waals surface area contributed by atoms with E-state index in [9.17, 15) is 22.8 Å². The van der Waals surface area contributed by atoms with Crippen molar-refractivity contribution in [1.82, 2.24) is 5.32 Å². The molecule has 1 aromatic carbocycles. The van der Waals surface area contributed by atoms with E-state index in [2.05, 4.69) is 14.8 Å². The maximum Gasteiger partial charge on any atom is 0.448 e. The number of carbonyl (C=O) groups is 2. The Labute approximate surface area is 141 Å². The molecule has 0 radical (unpaired) electrons. The minimum absolute atomic E-state index is 0.174. The highest BCUT2D eigenvalue weighted by molar-refractivity contribution is 6.30. The number of benzene rings is 1. The summed E-state index contributed by atoms with van der Waals surface area (Å²) in [5.74, 6) is -1.76. The van der Waals surface area contributed by atoms with Crippen LogP contribution < -0.4 is 10.6 Å². The van der Waals surface area contributed by atoms with Crippen LogP contribution in [-0.2, 0) is 14.3 Å². The number of alkyl halides is 3. The van der Waals surface area contributed by atoms with Gasteiger partial charge in [0.15, 0.2) is 0 Å². The maximum absolute atomic E-state index is 13.4. The van der Waals surface area contributed by atoms with Crippen LogP contribution in [0.1, 0.15) is 13.8 Å². The van der Waals surface area contributed by atoms with E-state index >= 15 is 0 Å². The molecule has 24 heavy (non-hydrogen) atoms. The maximum atomic E-state index is 13.4. The zero-order valence-corrected chi connectivity index (χ0v) is 13.6. The molecule has 1 aromatic rings. The van der Waals surface area contributed by atoms with Crippen LogP contribution in [0.3, 0.4) is 0 Å². The third-order valence-corrected chi connectivity index (χ3v) is 2.97. The number of ether oxygens (including phenoxy) is 2. The van der Waals surface area contributed by atoms with Crippen LogP contribution >= 0.6 is 11.6 Å².